The topological polar surface area (TPSA) is 60.7 Å². The maximum atomic E-state index is 10.9. The lowest BCUT2D eigenvalue weighted by atomic mass is 9.45. The van der Waals surface area contributed by atoms with Crippen LogP contribution in [0.5, 0.6) is 11.5 Å². The maximum absolute atomic E-state index is 10.9. The Balaban J connectivity index is 1.89. The molecule has 0 radical (unpaired) electrons. The molecule has 0 saturated heterocycles. The van der Waals surface area contributed by atoms with Crippen LogP contribution in [0.25, 0.3) is 0 Å². The number of phenolic OH excluding ortho intramolecular Hbond substituents is 2. The van der Waals surface area contributed by atoms with Crippen molar-refractivity contribution in [3.05, 3.63) is 34.9 Å². The van der Waals surface area contributed by atoms with Crippen molar-refractivity contribution < 1.29 is 15.3 Å². The molecular weight excluding hydrogens is 348 g/mol. The standard InChI is InChI=1S/C25H38O3/c1-6-7-8-9-10-24(2,3)17-12-21(27)23(22(28)13-17)18-11-16(15-26)19-14-20(18)25(19,4)5/h11-13,18-20,26-28H,6-10,14-15H2,1-5H3. The predicted octanol–water partition coefficient (Wildman–Crippen LogP) is 6.02. The van der Waals surface area contributed by atoms with E-state index < -0.39 is 0 Å². The largest absolute Gasteiger partial charge is 0.507 e. The van der Waals surface area contributed by atoms with Gasteiger partial charge in [-0.05, 0) is 58.8 Å². The number of benzene rings is 1. The highest BCUT2D eigenvalue weighted by atomic mass is 16.3. The van der Waals surface area contributed by atoms with E-state index >= 15 is 0 Å². The van der Waals surface area contributed by atoms with Crippen molar-refractivity contribution >= 4 is 0 Å². The smallest absolute Gasteiger partial charge is 0.123 e. The zero-order chi connectivity index (χ0) is 20.7. The number of hydrogen-bond donors (Lipinski definition) is 3. The molecule has 3 aliphatic rings. The Morgan fingerprint density at radius 2 is 1.71 bits per heavy atom. The van der Waals surface area contributed by atoms with Crippen LogP contribution < -0.4 is 0 Å². The Morgan fingerprint density at radius 1 is 1.07 bits per heavy atom. The van der Waals surface area contributed by atoms with Crippen molar-refractivity contribution in [1.82, 2.24) is 0 Å². The van der Waals surface area contributed by atoms with Gasteiger partial charge < -0.3 is 15.3 Å². The SMILES string of the molecule is CCCCCCC(C)(C)c1cc(O)c(C2C=C(CO)C3CC2C3(C)C)c(O)c1. The molecule has 0 aliphatic heterocycles. The Bertz CT molecular complexity index is 721. The van der Waals surface area contributed by atoms with E-state index in [1.165, 1.54) is 19.3 Å². The zero-order valence-electron chi connectivity index (χ0n) is 18.3. The molecule has 3 heteroatoms. The number of unbranched alkanes of at least 4 members (excludes halogenated alkanes) is 3. The normalized spacial score (nSPS) is 25.9. The highest BCUT2D eigenvalue weighted by Gasteiger charge is 2.55. The number of fused-ring (bicyclic) bond motifs is 1. The molecule has 3 aliphatic carbocycles. The van der Waals surface area contributed by atoms with Crippen molar-refractivity contribution in [2.75, 3.05) is 6.61 Å². The van der Waals surface area contributed by atoms with Crippen LogP contribution in [0.3, 0.4) is 0 Å². The third kappa shape index (κ3) is 3.58. The molecule has 0 spiro atoms. The van der Waals surface area contributed by atoms with Gasteiger partial charge in [0.25, 0.3) is 0 Å². The zero-order valence-corrected chi connectivity index (χ0v) is 18.3. The summed E-state index contributed by atoms with van der Waals surface area (Å²) in [5.41, 5.74) is 2.69. The first kappa shape index (κ1) is 21.2. The number of allylic oxidation sites excluding steroid dienone is 1. The minimum absolute atomic E-state index is 0.0381. The molecule has 28 heavy (non-hydrogen) atoms. The van der Waals surface area contributed by atoms with E-state index in [0.29, 0.717) is 17.4 Å². The summed E-state index contributed by atoms with van der Waals surface area (Å²) in [5, 5.41) is 31.6. The van der Waals surface area contributed by atoms with Gasteiger partial charge in [-0.2, -0.15) is 0 Å². The second-order valence-corrected chi connectivity index (χ2v) is 10.3. The average Bonchev–Trinajstić information content (AvgIpc) is 2.64. The van der Waals surface area contributed by atoms with Gasteiger partial charge in [0.05, 0.1) is 6.61 Å². The van der Waals surface area contributed by atoms with Crippen LogP contribution in [-0.2, 0) is 5.41 Å². The lowest BCUT2D eigenvalue weighted by Crippen LogP contribution is -2.51. The van der Waals surface area contributed by atoms with E-state index in [1.807, 2.05) is 12.1 Å². The highest BCUT2D eigenvalue weighted by Crippen LogP contribution is 2.65. The number of aliphatic hydroxyl groups excluding tert-OH is 1. The second kappa shape index (κ2) is 7.74. The van der Waals surface area contributed by atoms with Gasteiger partial charge in [0, 0.05) is 11.5 Å². The Hall–Kier alpha value is -1.48. The van der Waals surface area contributed by atoms with Crippen LogP contribution in [0.2, 0.25) is 0 Å². The molecule has 3 N–H and O–H groups in total. The molecule has 156 valence electrons. The molecule has 1 aromatic rings. The van der Waals surface area contributed by atoms with E-state index in [4.69, 9.17) is 0 Å². The lowest BCUT2D eigenvalue weighted by Gasteiger charge is -2.59. The van der Waals surface area contributed by atoms with Gasteiger partial charge in [0.15, 0.2) is 0 Å². The Morgan fingerprint density at radius 3 is 2.25 bits per heavy atom. The molecule has 1 saturated carbocycles. The van der Waals surface area contributed by atoms with Crippen LogP contribution in [-0.4, -0.2) is 21.9 Å². The van der Waals surface area contributed by atoms with Crippen LogP contribution in [0.15, 0.2) is 23.8 Å². The van der Waals surface area contributed by atoms with Gasteiger partial charge in [0.2, 0.25) is 0 Å². The fourth-order valence-corrected chi connectivity index (χ4v) is 5.60. The molecule has 2 bridgehead atoms. The summed E-state index contributed by atoms with van der Waals surface area (Å²) in [6.07, 6.45) is 9.02. The van der Waals surface area contributed by atoms with Gasteiger partial charge >= 0.3 is 0 Å². The number of aromatic hydroxyl groups is 2. The van der Waals surface area contributed by atoms with Crippen molar-refractivity contribution in [3.63, 3.8) is 0 Å². The van der Waals surface area contributed by atoms with Crippen molar-refractivity contribution in [1.29, 1.82) is 0 Å². The number of hydrogen-bond acceptors (Lipinski definition) is 3. The molecule has 1 fully saturated rings. The summed E-state index contributed by atoms with van der Waals surface area (Å²) >= 11 is 0. The Kier molecular flexibility index (Phi) is 5.87. The third-order valence-corrected chi connectivity index (χ3v) is 7.71. The van der Waals surface area contributed by atoms with Gasteiger partial charge in [0.1, 0.15) is 11.5 Å². The first-order valence-electron chi connectivity index (χ1n) is 11.0. The molecule has 0 amide bonds. The molecule has 3 nitrogen and oxygen atoms in total. The fourth-order valence-electron chi connectivity index (χ4n) is 5.60. The lowest BCUT2D eigenvalue weighted by molar-refractivity contribution is -0.0260. The quantitative estimate of drug-likeness (QED) is 0.378. The molecule has 0 heterocycles. The van der Waals surface area contributed by atoms with E-state index in [-0.39, 0.29) is 34.9 Å². The van der Waals surface area contributed by atoms with Crippen LogP contribution in [0.4, 0.5) is 0 Å². The van der Waals surface area contributed by atoms with Gasteiger partial charge in [-0.25, -0.2) is 0 Å². The molecule has 1 aromatic carbocycles. The van der Waals surface area contributed by atoms with E-state index in [9.17, 15) is 15.3 Å². The molecular formula is C25H38O3. The summed E-state index contributed by atoms with van der Waals surface area (Å²) in [4.78, 5) is 0. The monoisotopic (exact) mass is 386 g/mol. The summed E-state index contributed by atoms with van der Waals surface area (Å²) in [6, 6.07) is 3.72. The molecule has 3 atom stereocenters. The van der Waals surface area contributed by atoms with Crippen LogP contribution in [0.1, 0.15) is 90.2 Å². The first-order chi connectivity index (χ1) is 13.1. The van der Waals surface area contributed by atoms with Crippen LogP contribution in [0, 0.1) is 17.3 Å². The highest BCUT2D eigenvalue weighted by molar-refractivity contribution is 5.54. The van der Waals surface area contributed by atoms with E-state index in [2.05, 4.69) is 40.7 Å². The van der Waals surface area contributed by atoms with Gasteiger partial charge in [-0.1, -0.05) is 66.4 Å². The van der Waals surface area contributed by atoms with Gasteiger partial charge in [-0.3, -0.25) is 0 Å². The van der Waals surface area contributed by atoms with Crippen molar-refractivity contribution in [2.24, 2.45) is 17.3 Å². The van der Waals surface area contributed by atoms with Crippen molar-refractivity contribution in [3.8, 4) is 11.5 Å². The second-order valence-electron chi connectivity index (χ2n) is 10.3. The van der Waals surface area contributed by atoms with Crippen LogP contribution >= 0.6 is 0 Å². The summed E-state index contributed by atoms with van der Waals surface area (Å²) < 4.78 is 0. The first-order valence-corrected chi connectivity index (χ1v) is 11.0. The fraction of sp³-hybridized carbons (Fsp3) is 0.680. The van der Waals surface area contributed by atoms with Gasteiger partial charge in [-0.15, -0.1) is 0 Å². The number of rotatable bonds is 8. The summed E-state index contributed by atoms with van der Waals surface area (Å²) in [5.74, 6) is 1.15. The minimum atomic E-state index is -0.0826. The molecule has 3 unspecified atom stereocenters. The summed E-state index contributed by atoms with van der Waals surface area (Å²) in [6.45, 7) is 11.1. The molecule has 0 aromatic heterocycles. The number of aliphatic hydroxyl groups is 1. The number of phenols is 2. The average molecular weight is 387 g/mol. The van der Waals surface area contributed by atoms with E-state index in [0.717, 1.165) is 30.4 Å². The van der Waals surface area contributed by atoms with Crippen molar-refractivity contribution in [2.45, 2.75) is 84.5 Å². The third-order valence-electron chi connectivity index (χ3n) is 7.71. The molecule has 4 rings (SSSR count). The Labute approximate surface area is 170 Å². The summed E-state index contributed by atoms with van der Waals surface area (Å²) in [7, 11) is 0. The minimum Gasteiger partial charge on any atom is -0.507 e. The predicted molar refractivity (Wildman–Crippen MR) is 115 cm³/mol. The maximum Gasteiger partial charge on any atom is 0.123 e. The van der Waals surface area contributed by atoms with E-state index in [1.54, 1.807) is 0 Å².